The number of hydrogen-bond donors (Lipinski definition) is 2. The second kappa shape index (κ2) is 10.1. The molecule has 144 valence electrons. The molecule has 0 atom stereocenters. The lowest BCUT2D eigenvalue weighted by atomic mass is 10.3. The number of benzene rings is 1. The second-order valence-electron chi connectivity index (χ2n) is 5.61. The lowest BCUT2D eigenvalue weighted by molar-refractivity contribution is -0.118. The van der Waals surface area contributed by atoms with Crippen LogP contribution < -0.4 is 10.7 Å². The van der Waals surface area contributed by atoms with Crippen LogP contribution in [0.15, 0.2) is 76.1 Å². The maximum Gasteiger partial charge on any atom is 0.250 e. The number of thioether (sulfide) groups is 1. The molecule has 1 amide bonds. The molecule has 1 aromatic carbocycles. The molecule has 8 nitrogen and oxygen atoms in total. The number of furan rings is 1. The lowest BCUT2D eigenvalue weighted by Gasteiger charge is -2.09. The molecule has 0 fully saturated rings. The number of carbonyl (C=O) groups excluding carboxylic acids is 1. The van der Waals surface area contributed by atoms with Gasteiger partial charge in [0.1, 0.15) is 5.76 Å². The maximum atomic E-state index is 12.0. The van der Waals surface area contributed by atoms with Gasteiger partial charge in [-0.25, -0.2) is 5.43 Å². The molecule has 0 spiro atoms. The van der Waals surface area contributed by atoms with E-state index in [-0.39, 0.29) is 11.7 Å². The standard InChI is InChI=1S/C19H20N6O2S/c1-2-10-25-17(13-20-15-7-4-3-5-8-15)22-24-19(25)28-14-18(26)23-21-12-16-9-6-11-27-16/h2-9,11-12,20H,1,10,13-14H2,(H,23,26)/b21-12-. The maximum absolute atomic E-state index is 12.0. The van der Waals surface area contributed by atoms with Gasteiger partial charge in [-0.2, -0.15) is 5.10 Å². The van der Waals surface area contributed by atoms with Gasteiger partial charge in [0.15, 0.2) is 11.0 Å². The highest BCUT2D eigenvalue weighted by Gasteiger charge is 2.13. The van der Waals surface area contributed by atoms with E-state index >= 15 is 0 Å². The summed E-state index contributed by atoms with van der Waals surface area (Å²) in [6.45, 7) is 4.86. The van der Waals surface area contributed by atoms with Crippen LogP contribution in [0.25, 0.3) is 0 Å². The molecule has 2 N–H and O–H groups in total. The first-order valence-corrected chi connectivity index (χ1v) is 9.55. The van der Waals surface area contributed by atoms with Crippen molar-refractivity contribution in [3.05, 3.63) is 73.0 Å². The Bertz CT molecular complexity index is 921. The van der Waals surface area contributed by atoms with Crippen LogP contribution >= 0.6 is 11.8 Å². The minimum atomic E-state index is -0.245. The molecular formula is C19H20N6O2S. The highest BCUT2D eigenvalue weighted by Crippen LogP contribution is 2.18. The van der Waals surface area contributed by atoms with Gasteiger partial charge in [-0.1, -0.05) is 36.0 Å². The third-order valence-electron chi connectivity index (χ3n) is 3.59. The Morgan fingerprint density at radius 2 is 2.11 bits per heavy atom. The van der Waals surface area contributed by atoms with Crippen LogP contribution in [-0.4, -0.2) is 32.6 Å². The number of carbonyl (C=O) groups is 1. The molecule has 0 saturated heterocycles. The number of hydrogen-bond acceptors (Lipinski definition) is 7. The van der Waals surface area contributed by atoms with Crippen molar-refractivity contribution >= 4 is 29.6 Å². The van der Waals surface area contributed by atoms with Crippen molar-refractivity contribution in [2.75, 3.05) is 11.1 Å². The van der Waals surface area contributed by atoms with E-state index < -0.39 is 0 Å². The summed E-state index contributed by atoms with van der Waals surface area (Å²) in [4.78, 5) is 12.0. The highest BCUT2D eigenvalue weighted by atomic mass is 32.2. The van der Waals surface area contributed by atoms with Gasteiger partial charge in [-0.05, 0) is 24.3 Å². The van der Waals surface area contributed by atoms with Crippen LogP contribution in [0.5, 0.6) is 0 Å². The van der Waals surface area contributed by atoms with Gasteiger partial charge >= 0.3 is 0 Å². The number of aromatic nitrogens is 3. The van der Waals surface area contributed by atoms with Crippen LogP contribution in [0, 0.1) is 0 Å². The molecule has 9 heteroatoms. The van der Waals surface area contributed by atoms with Crippen molar-refractivity contribution in [1.82, 2.24) is 20.2 Å². The highest BCUT2D eigenvalue weighted by molar-refractivity contribution is 7.99. The number of amides is 1. The lowest BCUT2D eigenvalue weighted by Crippen LogP contribution is -2.20. The van der Waals surface area contributed by atoms with E-state index in [1.54, 1.807) is 18.2 Å². The number of nitrogens with zero attached hydrogens (tertiary/aromatic N) is 4. The zero-order valence-corrected chi connectivity index (χ0v) is 15.9. The van der Waals surface area contributed by atoms with E-state index in [0.717, 1.165) is 11.5 Å². The van der Waals surface area contributed by atoms with Gasteiger partial charge in [-0.15, -0.1) is 16.8 Å². The van der Waals surface area contributed by atoms with Crippen molar-refractivity contribution in [2.24, 2.45) is 5.10 Å². The van der Waals surface area contributed by atoms with Crippen LogP contribution in [0.3, 0.4) is 0 Å². The molecule has 2 aromatic heterocycles. The molecule has 0 bridgehead atoms. The van der Waals surface area contributed by atoms with E-state index in [0.29, 0.717) is 24.0 Å². The Hall–Kier alpha value is -3.33. The quantitative estimate of drug-likeness (QED) is 0.237. The SMILES string of the molecule is C=CCn1c(CNc2ccccc2)nnc1SCC(=O)N/N=C\c1ccco1. The van der Waals surface area contributed by atoms with Crippen LogP contribution in [-0.2, 0) is 17.9 Å². The van der Waals surface area contributed by atoms with E-state index in [1.165, 1.54) is 24.2 Å². The molecule has 0 saturated carbocycles. The average molecular weight is 396 g/mol. The summed E-state index contributed by atoms with van der Waals surface area (Å²) in [5.41, 5.74) is 3.45. The van der Waals surface area contributed by atoms with E-state index in [4.69, 9.17) is 4.42 Å². The molecule has 3 rings (SSSR count). The molecule has 0 aliphatic carbocycles. The fraction of sp³-hybridized carbons (Fsp3) is 0.158. The van der Waals surface area contributed by atoms with E-state index in [1.807, 2.05) is 34.9 Å². The van der Waals surface area contributed by atoms with Gasteiger partial charge < -0.3 is 14.3 Å². The second-order valence-corrected chi connectivity index (χ2v) is 6.56. The average Bonchev–Trinajstić information content (AvgIpc) is 3.36. The number of para-hydroxylation sites is 1. The molecule has 0 aliphatic rings. The Balaban J connectivity index is 1.54. The van der Waals surface area contributed by atoms with Gasteiger partial charge in [0.2, 0.25) is 0 Å². The zero-order chi connectivity index (χ0) is 19.6. The molecular weight excluding hydrogens is 376 g/mol. The van der Waals surface area contributed by atoms with Crippen molar-refractivity contribution in [2.45, 2.75) is 18.2 Å². The molecule has 3 aromatic rings. The Morgan fingerprint density at radius 1 is 1.25 bits per heavy atom. The first-order valence-electron chi connectivity index (χ1n) is 8.56. The van der Waals surface area contributed by atoms with Gasteiger partial charge in [0, 0.05) is 12.2 Å². The Labute approximate surface area is 166 Å². The minimum Gasteiger partial charge on any atom is -0.463 e. The summed E-state index contributed by atoms with van der Waals surface area (Å²) in [7, 11) is 0. The van der Waals surface area contributed by atoms with Crippen molar-refractivity contribution in [3.8, 4) is 0 Å². The topological polar surface area (TPSA) is 97.3 Å². The van der Waals surface area contributed by atoms with Crippen LogP contribution in [0.2, 0.25) is 0 Å². The third kappa shape index (κ3) is 5.58. The largest absolute Gasteiger partial charge is 0.463 e. The minimum absolute atomic E-state index is 0.164. The number of rotatable bonds is 10. The van der Waals surface area contributed by atoms with Gasteiger partial charge in [-0.3, -0.25) is 4.79 Å². The van der Waals surface area contributed by atoms with Crippen molar-refractivity contribution < 1.29 is 9.21 Å². The fourth-order valence-corrected chi connectivity index (χ4v) is 3.06. The van der Waals surface area contributed by atoms with Crippen molar-refractivity contribution in [1.29, 1.82) is 0 Å². The predicted molar refractivity (Wildman–Crippen MR) is 109 cm³/mol. The van der Waals surface area contributed by atoms with E-state index in [2.05, 4.69) is 32.6 Å². The molecule has 0 radical (unpaired) electrons. The predicted octanol–water partition coefficient (Wildman–Crippen LogP) is 2.91. The first kappa shape index (κ1) is 19.4. The summed E-state index contributed by atoms with van der Waals surface area (Å²) in [5, 5.41) is 16.2. The van der Waals surface area contributed by atoms with Gasteiger partial charge in [0.05, 0.1) is 24.8 Å². The summed E-state index contributed by atoms with van der Waals surface area (Å²) >= 11 is 1.29. The van der Waals surface area contributed by atoms with Crippen LogP contribution in [0.4, 0.5) is 5.69 Å². The Morgan fingerprint density at radius 3 is 2.86 bits per heavy atom. The van der Waals surface area contributed by atoms with Gasteiger partial charge in [0.25, 0.3) is 5.91 Å². The first-order chi connectivity index (χ1) is 13.8. The number of allylic oxidation sites excluding steroid dienone is 1. The number of anilines is 1. The monoisotopic (exact) mass is 396 g/mol. The normalized spacial score (nSPS) is 10.9. The number of hydrazone groups is 1. The van der Waals surface area contributed by atoms with Crippen molar-refractivity contribution in [3.63, 3.8) is 0 Å². The fourth-order valence-electron chi connectivity index (χ4n) is 2.30. The molecule has 2 heterocycles. The molecule has 0 unspecified atom stereocenters. The molecule has 28 heavy (non-hydrogen) atoms. The Kier molecular flexibility index (Phi) is 7.02. The third-order valence-corrected chi connectivity index (χ3v) is 4.55. The summed E-state index contributed by atoms with van der Waals surface area (Å²) in [6, 6.07) is 13.3. The number of nitrogens with one attached hydrogen (secondary N) is 2. The summed E-state index contributed by atoms with van der Waals surface area (Å²) in [5.74, 6) is 1.25. The van der Waals surface area contributed by atoms with Crippen LogP contribution in [0.1, 0.15) is 11.6 Å². The van der Waals surface area contributed by atoms with E-state index in [9.17, 15) is 4.79 Å². The summed E-state index contributed by atoms with van der Waals surface area (Å²) in [6.07, 6.45) is 4.75. The zero-order valence-electron chi connectivity index (χ0n) is 15.1. The smallest absolute Gasteiger partial charge is 0.250 e. The molecule has 0 aliphatic heterocycles. The summed E-state index contributed by atoms with van der Waals surface area (Å²) < 4.78 is 7.03.